The zero-order valence-electron chi connectivity index (χ0n) is 12.2. The number of fused-ring (bicyclic) bond motifs is 5. The summed E-state index contributed by atoms with van der Waals surface area (Å²) in [4.78, 5) is 23.9. The zero-order chi connectivity index (χ0) is 15.6. The fourth-order valence-electron chi connectivity index (χ4n) is 3.83. The van der Waals surface area contributed by atoms with Gasteiger partial charge in [-0.1, -0.05) is 6.08 Å². The van der Waals surface area contributed by atoms with E-state index in [2.05, 4.69) is 15.3 Å². The molecule has 8 nitrogen and oxygen atoms in total. The topological polar surface area (TPSA) is 90.8 Å². The highest BCUT2D eigenvalue weighted by Crippen LogP contribution is 2.40. The lowest BCUT2D eigenvalue weighted by molar-refractivity contribution is 0.0139. The molecule has 0 spiro atoms. The summed E-state index contributed by atoms with van der Waals surface area (Å²) >= 11 is 0. The minimum absolute atomic E-state index is 0.139. The van der Waals surface area contributed by atoms with Crippen LogP contribution in [0.2, 0.25) is 0 Å². The second-order valence-electron chi connectivity index (χ2n) is 6.01. The largest absolute Gasteiger partial charge is 0.465 e. The van der Waals surface area contributed by atoms with E-state index in [1.165, 1.54) is 4.90 Å². The Morgan fingerprint density at radius 2 is 2.35 bits per heavy atom. The second kappa shape index (κ2) is 4.53. The van der Waals surface area contributed by atoms with Crippen LogP contribution in [0.5, 0.6) is 0 Å². The zero-order valence-corrected chi connectivity index (χ0v) is 12.2. The molecule has 0 aliphatic carbocycles. The standard InChI is InChI=1S/C15H15N5O3/c21-15(22)20-8-1-2-10(20)11-6-23-14-12-9(3-4-16-14)17-7-18-13(12)19(11)5-8/h1-2,5,7,10-11,14,16H,3-4,6H2,(H,21,22). The van der Waals surface area contributed by atoms with Gasteiger partial charge in [-0.25, -0.2) is 14.8 Å². The van der Waals surface area contributed by atoms with E-state index in [4.69, 9.17) is 4.74 Å². The Kier molecular flexibility index (Phi) is 2.56. The van der Waals surface area contributed by atoms with E-state index in [1.54, 1.807) is 6.33 Å². The van der Waals surface area contributed by atoms with Crippen molar-refractivity contribution in [1.29, 1.82) is 0 Å². The molecule has 1 aromatic rings. The summed E-state index contributed by atoms with van der Waals surface area (Å²) in [6, 6.07) is -0.404. The fourth-order valence-corrected chi connectivity index (χ4v) is 3.83. The molecule has 0 fully saturated rings. The number of carbonyl (C=O) groups is 1. The molecule has 5 rings (SSSR count). The first-order valence-corrected chi connectivity index (χ1v) is 7.63. The molecule has 3 unspecified atom stereocenters. The van der Waals surface area contributed by atoms with E-state index in [9.17, 15) is 9.90 Å². The maximum absolute atomic E-state index is 11.6. The Morgan fingerprint density at radius 1 is 1.43 bits per heavy atom. The number of hydrogen-bond acceptors (Lipinski definition) is 6. The van der Waals surface area contributed by atoms with Gasteiger partial charge in [-0.3, -0.25) is 10.2 Å². The van der Waals surface area contributed by atoms with Gasteiger partial charge in [0, 0.05) is 19.2 Å². The molecule has 23 heavy (non-hydrogen) atoms. The van der Waals surface area contributed by atoms with E-state index in [0.717, 1.165) is 30.0 Å². The fraction of sp³-hybridized carbons (Fsp3) is 0.400. The highest BCUT2D eigenvalue weighted by molar-refractivity contribution is 5.73. The number of rotatable bonds is 0. The Balaban J connectivity index is 1.67. The number of amides is 1. The van der Waals surface area contributed by atoms with Crippen molar-refractivity contribution in [2.75, 3.05) is 18.1 Å². The van der Waals surface area contributed by atoms with Crippen molar-refractivity contribution in [2.24, 2.45) is 0 Å². The summed E-state index contributed by atoms with van der Waals surface area (Å²) in [6.07, 6.45) is 6.85. The Morgan fingerprint density at radius 3 is 3.22 bits per heavy atom. The molecule has 3 atom stereocenters. The van der Waals surface area contributed by atoms with E-state index in [-0.39, 0.29) is 18.3 Å². The van der Waals surface area contributed by atoms with Crippen molar-refractivity contribution < 1.29 is 14.6 Å². The molecule has 1 aromatic heterocycles. The van der Waals surface area contributed by atoms with Crippen molar-refractivity contribution in [3.8, 4) is 0 Å². The third-order valence-corrected chi connectivity index (χ3v) is 4.85. The molecule has 1 amide bonds. The molecule has 8 heteroatoms. The van der Waals surface area contributed by atoms with E-state index in [1.807, 2.05) is 23.3 Å². The summed E-state index contributed by atoms with van der Waals surface area (Å²) < 4.78 is 6.04. The molecule has 0 aromatic carbocycles. The van der Waals surface area contributed by atoms with Gasteiger partial charge in [0.15, 0.2) is 0 Å². The minimum atomic E-state index is -0.947. The van der Waals surface area contributed by atoms with Crippen LogP contribution in [-0.4, -0.2) is 51.3 Å². The van der Waals surface area contributed by atoms with Gasteiger partial charge in [-0.05, 0) is 6.08 Å². The highest BCUT2D eigenvalue weighted by atomic mass is 16.5. The number of hydrogen-bond donors (Lipinski definition) is 2. The molecule has 0 saturated carbocycles. The third-order valence-electron chi connectivity index (χ3n) is 4.85. The molecule has 2 bridgehead atoms. The van der Waals surface area contributed by atoms with Gasteiger partial charge >= 0.3 is 6.09 Å². The number of aromatic nitrogens is 2. The van der Waals surface area contributed by atoms with Crippen LogP contribution >= 0.6 is 0 Å². The first-order valence-electron chi connectivity index (χ1n) is 7.63. The van der Waals surface area contributed by atoms with Crippen LogP contribution in [0, 0.1) is 0 Å². The average Bonchev–Trinajstić information content (AvgIpc) is 2.79. The number of nitrogens with one attached hydrogen (secondary N) is 1. The molecular weight excluding hydrogens is 298 g/mol. The van der Waals surface area contributed by atoms with Crippen LogP contribution in [0.25, 0.3) is 0 Å². The molecule has 4 aliphatic heterocycles. The van der Waals surface area contributed by atoms with Crippen molar-refractivity contribution in [3.05, 3.63) is 41.6 Å². The molecule has 5 heterocycles. The van der Waals surface area contributed by atoms with Crippen molar-refractivity contribution in [1.82, 2.24) is 20.2 Å². The summed E-state index contributed by atoms with van der Waals surface area (Å²) in [6.45, 7) is 1.22. The second-order valence-corrected chi connectivity index (χ2v) is 6.01. The van der Waals surface area contributed by atoms with E-state index in [0.29, 0.717) is 12.3 Å². The lowest BCUT2D eigenvalue weighted by Gasteiger charge is -2.40. The molecule has 2 N–H and O–H groups in total. The molecular formula is C15H15N5O3. The van der Waals surface area contributed by atoms with Crippen LogP contribution in [0.4, 0.5) is 10.6 Å². The van der Waals surface area contributed by atoms with Gasteiger partial charge in [0.05, 0.1) is 35.6 Å². The Hall–Kier alpha value is -2.45. The Bertz CT molecular complexity index is 761. The smallest absolute Gasteiger partial charge is 0.412 e. The SMILES string of the molecule is O=C(O)N1C2=CN3c4ncnc5c4C(NCC5)OCC3C1C=C2. The first-order chi connectivity index (χ1) is 11.2. The minimum Gasteiger partial charge on any atom is -0.465 e. The molecule has 0 saturated heterocycles. The summed E-state index contributed by atoms with van der Waals surface area (Å²) in [5, 5.41) is 12.8. The van der Waals surface area contributed by atoms with Crippen LogP contribution in [-0.2, 0) is 11.2 Å². The number of carboxylic acid groups (broad SMARTS) is 1. The molecule has 118 valence electrons. The maximum atomic E-state index is 11.6. The summed E-state index contributed by atoms with van der Waals surface area (Å²) in [5.74, 6) is 0.811. The van der Waals surface area contributed by atoms with Gasteiger partial charge < -0.3 is 14.7 Å². The molecule has 4 aliphatic rings. The maximum Gasteiger partial charge on any atom is 0.412 e. The lowest BCUT2D eigenvalue weighted by Crippen LogP contribution is -2.54. The van der Waals surface area contributed by atoms with Gasteiger partial charge in [0.25, 0.3) is 0 Å². The summed E-state index contributed by atoms with van der Waals surface area (Å²) in [5.41, 5.74) is 2.63. The van der Waals surface area contributed by atoms with Crippen molar-refractivity contribution in [3.63, 3.8) is 0 Å². The van der Waals surface area contributed by atoms with E-state index < -0.39 is 6.09 Å². The number of anilines is 1. The summed E-state index contributed by atoms with van der Waals surface area (Å²) in [7, 11) is 0. The predicted molar refractivity (Wildman–Crippen MR) is 79.6 cm³/mol. The van der Waals surface area contributed by atoms with Gasteiger partial charge in [0.2, 0.25) is 0 Å². The Labute approximate surface area is 132 Å². The average molecular weight is 313 g/mol. The van der Waals surface area contributed by atoms with Crippen LogP contribution < -0.4 is 10.2 Å². The van der Waals surface area contributed by atoms with Gasteiger partial charge in [0.1, 0.15) is 18.4 Å². The van der Waals surface area contributed by atoms with Crippen molar-refractivity contribution in [2.45, 2.75) is 24.7 Å². The third kappa shape index (κ3) is 1.70. The van der Waals surface area contributed by atoms with Crippen LogP contribution in [0.3, 0.4) is 0 Å². The number of ether oxygens (including phenoxy) is 1. The number of nitrogens with zero attached hydrogens (tertiary/aromatic N) is 4. The predicted octanol–water partition coefficient (Wildman–Crippen LogP) is 0.599. The van der Waals surface area contributed by atoms with E-state index >= 15 is 0 Å². The van der Waals surface area contributed by atoms with Gasteiger partial charge in [-0.15, -0.1) is 0 Å². The number of allylic oxidation sites excluding steroid dienone is 1. The normalized spacial score (nSPS) is 30.4. The highest BCUT2D eigenvalue weighted by Gasteiger charge is 2.45. The van der Waals surface area contributed by atoms with Crippen molar-refractivity contribution >= 4 is 11.9 Å². The van der Waals surface area contributed by atoms with Crippen LogP contribution in [0.15, 0.2) is 30.4 Å². The first kappa shape index (κ1) is 13.0. The quantitative estimate of drug-likeness (QED) is 0.724. The monoisotopic (exact) mass is 313 g/mol. The van der Waals surface area contributed by atoms with Crippen LogP contribution in [0.1, 0.15) is 17.5 Å². The van der Waals surface area contributed by atoms with Gasteiger partial charge in [-0.2, -0.15) is 0 Å². The lowest BCUT2D eigenvalue weighted by atomic mass is 10.0. The molecule has 0 radical (unpaired) electrons.